The van der Waals surface area contributed by atoms with Gasteiger partial charge in [0.05, 0.1) is 18.1 Å². The van der Waals surface area contributed by atoms with Crippen LogP contribution >= 0.6 is 15.9 Å². The molecule has 2 amide bonds. The molecule has 8 heteroatoms. The number of rotatable bonds is 8. The van der Waals surface area contributed by atoms with Gasteiger partial charge >= 0.3 is 6.09 Å². The van der Waals surface area contributed by atoms with Crippen LogP contribution in [0, 0.1) is 5.92 Å². The fourth-order valence-corrected chi connectivity index (χ4v) is 5.75. The molecule has 4 aromatic rings. The van der Waals surface area contributed by atoms with Gasteiger partial charge in [-0.05, 0) is 22.6 Å². The van der Waals surface area contributed by atoms with Crippen LogP contribution in [0.5, 0.6) is 0 Å². The van der Waals surface area contributed by atoms with Crippen molar-refractivity contribution in [2.45, 2.75) is 36.4 Å². The molecule has 3 atom stereocenters. The van der Waals surface area contributed by atoms with E-state index in [1.54, 1.807) is 12.5 Å². The average Bonchev–Trinajstić information content (AvgIpc) is 3.62. The number of imidazole rings is 1. The van der Waals surface area contributed by atoms with Gasteiger partial charge in [-0.25, -0.2) is 14.7 Å². The Balaban J connectivity index is 1.58. The number of hydrogen-bond acceptors (Lipinski definition) is 5. The predicted octanol–water partition coefficient (Wildman–Crippen LogP) is 5.52. The Hall–Kier alpha value is -3.75. The van der Waals surface area contributed by atoms with Gasteiger partial charge in [0.1, 0.15) is 23.1 Å². The summed E-state index contributed by atoms with van der Waals surface area (Å²) in [5.41, 5.74) is 2.51. The topological polar surface area (TPSA) is 84.7 Å². The largest absolute Gasteiger partial charge is 0.447 e. The van der Waals surface area contributed by atoms with Crippen LogP contribution in [0.25, 0.3) is 0 Å². The lowest BCUT2D eigenvalue weighted by atomic mass is 9.77. The van der Waals surface area contributed by atoms with Crippen molar-refractivity contribution in [3.63, 3.8) is 0 Å². The van der Waals surface area contributed by atoms with Crippen molar-refractivity contribution in [3.05, 3.63) is 126 Å². The van der Waals surface area contributed by atoms with Crippen LogP contribution in [0.15, 0.2) is 104 Å². The molecule has 1 fully saturated rings. The molecule has 1 saturated heterocycles. The van der Waals surface area contributed by atoms with Gasteiger partial charge in [-0.2, -0.15) is 0 Å². The molecule has 200 valence electrons. The molecule has 1 aliphatic rings. The van der Waals surface area contributed by atoms with E-state index in [4.69, 9.17) is 4.74 Å². The molecule has 1 aliphatic heterocycles. The summed E-state index contributed by atoms with van der Waals surface area (Å²) in [5.74, 6) is -0.543. The monoisotopic (exact) mass is 587 g/mol. The number of hydrogen-bond donors (Lipinski definition) is 1. The first kappa shape index (κ1) is 26.8. The van der Waals surface area contributed by atoms with Crippen molar-refractivity contribution in [1.82, 2.24) is 14.5 Å². The van der Waals surface area contributed by atoms with Gasteiger partial charge in [0.2, 0.25) is 5.91 Å². The molecule has 5 rings (SSSR count). The van der Waals surface area contributed by atoms with E-state index in [9.17, 15) is 14.7 Å². The van der Waals surface area contributed by atoms with Crippen LogP contribution in [0.4, 0.5) is 4.79 Å². The zero-order valence-electron chi connectivity index (χ0n) is 21.7. The van der Waals surface area contributed by atoms with Crippen molar-refractivity contribution in [1.29, 1.82) is 0 Å². The summed E-state index contributed by atoms with van der Waals surface area (Å²) in [6.07, 6.45) is 1.44. The Bertz CT molecular complexity index is 1330. The summed E-state index contributed by atoms with van der Waals surface area (Å²) in [6.45, 7) is 3.98. The van der Waals surface area contributed by atoms with Crippen LogP contribution in [0.3, 0.4) is 0 Å². The SMILES string of the molecule is CC(C)[C@@H]1COC(=O)N1C(=O)[C@H](Br)[C@@H](O)c1cn(C(c2ccccc2)(c2ccccc2)c2ccccc2)cn1. The lowest BCUT2D eigenvalue weighted by Crippen LogP contribution is -2.46. The quantitative estimate of drug-likeness (QED) is 0.216. The summed E-state index contributed by atoms with van der Waals surface area (Å²) in [4.78, 5) is 30.3. The normalized spacial score (nSPS) is 17.2. The number of carbonyl (C=O) groups is 2. The number of halogens is 1. The van der Waals surface area contributed by atoms with Gasteiger partial charge in [-0.1, -0.05) is 121 Å². The predicted molar refractivity (Wildman–Crippen MR) is 151 cm³/mol. The molecule has 0 bridgehead atoms. The number of nitrogens with zero attached hydrogens (tertiary/aromatic N) is 3. The molecular formula is C31H30BrN3O4. The number of cyclic esters (lactones) is 1. The number of amides is 2. The van der Waals surface area contributed by atoms with E-state index in [2.05, 4.69) is 57.3 Å². The molecule has 7 nitrogen and oxygen atoms in total. The molecular weight excluding hydrogens is 558 g/mol. The van der Waals surface area contributed by atoms with Crippen molar-refractivity contribution >= 4 is 27.9 Å². The zero-order chi connectivity index (χ0) is 27.6. The highest BCUT2D eigenvalue weighted by molar-refractivity contribution is 9.10. The van der Waals surface area contributed by atoms with Gasteiger partial charge in [-0.15, -0.1) is 0 Å². The summed E-state index contributed by atoms with van der Waals surface area (Å²) in [6, 6.07) is 29.9. The molecule has 0 radical (unpaired) electrons. The minimum atomic E-state index is -1.31. The summed E-state index contributed by atoms with van der Waals surface area (Å²) < 4.78 is 7.10. The molecule has 0 aliphatic carbocycles. The fraction of sp³-hybridized carbons (Fsp3) is 0.258. The van der Waals surface area contributed by atoms with E-state index in [-0.39, 0.29) is 12.5 Å². The van der Waals surface area contributed by atoms with Crippen LogP contribution in [-0.4, -0.2) is 49.0 Å². The van der Waals surface area contributed by atoms with Gasteiger partial charge in [-0.3, -0.25) is 4.79 Å². The minimum Gasteiger partial charge on any atom is -0.447 e. The van der Waals surface area contributed by atoms with Crippen LogP contribution in [-0.2, 0) is 15.1 Å². The smallest absolute Gasteiger partial charge is 0.417 e. The third-order valence-corrected chi connectivity index (χ3v) is 8.19. The van der Waals surface area contributed by atoms with Gasteiger partial charge in [0, 0.05) is 6.20 Å². The number of benzene rings is 3. The Morgan fingerprint density at radius 3 is 1.90 bits per heavy atom. The maximum Gasteiger partial charge on any atom is 0.417 e. The third-order valence-electron chi connectivity index (χ3n) is 7.29. The van der Waals surface area contributed by atoms with Gasteiger partial charge in [0.15, 0.2) is 0 Å². The number of aliphatic hydroxyl groups excluding tert-OH is 1. The first-order valence-corrected chi connectivity index (χ1v) is 13.8. The number of alkyl halides is 1. The van der Waals surface area contributed by atoms with E-state index < -0.39 is 34.5 Å². The average molecular weight is 589 g/mol. The lowest BCUT2D eigenvalue weighted by molar-refractivity contribution is -0.131. The highest BCUT2D eigenvalue weighted by atomic mass is 79.9. The van der Waals surface area contributed by atoms with E-state index in [1.165, 1.54) is 0 Å². The van der Waals surface area contributed by atoms with Crippen LogP contribution < -0.4 is 0 Å². The molecule has 3 aromatic carbocycles. The highest BCUT2D eigenvalue weighted by Crippen LogP contribution is 2.41. The Morgan fingerprint density at radius 1 is 0.949 bits per heavy atom. The van der Waals surface area contributed by atoms with Crippen molar-refractivity contribution < 1.29 is 19.4 Å². The molecule has 0 saturated carbocycles. The van der Waals surface area contributed by atoms with E-state index in [1.807, 2.05) is 73.0 Å². The first-order valence-electron chi connectivity index (χ1n) is 12.9. The minimum absolute atomic E-state index is 0.0136. The van der Waals surface area contributed by atoms with Crippen molar-refractivity contribution in [2.75, 3.05) is 6.61 Å². The van der Waals surface area contributed by atoms with Crippen molar-refractivity contribution in [3.8, 4) is 0 Å². The first-order chi connectivity index (χ1) is 18.9. The second-order valence-electron chi connectivity index (χ2n) is 9.96. The Morgan fingerprint density at radius 2 is 1.44 bits per heavy atom. The summed E-state index contributed by atoms with van der Waals surface area (Å²) in [5, 5.41) is 11.3. The molecule has 2 heterocycles. The number of aromatic nitrogens is 2. The number of ether oxygens (including phenoxy) is 1. The summed E-state index contributed by atoms with van der Waals surface area (Å²) in [7, 11) is 0. The van der Waals surface area contributed by atoms with E-state index in [0.29, 0.717) is 5.69 Å². The van der Waals surface area contributed by atoms with E-state index in [0.717, 1.165) is 21.6 Å². The maximum absolute atomic E-state index is 13.3. The second kappa shape index (κ2) is 11.2. The summed E-state index contributed by atoms with van der Waals surface area (Å²) >= 11 is 3.36. The van der Waals surface area contributed by atoms with Crippen LogP contribution in [0.2, 0.25) is 0 Å². The number of carbonyl (C=O) groups excluding carboxylic acids is 2. The van der Waals surface area contributed by atoms with Gasteiger partial charge in [0.25, 0.3) is 0 Å². The zero-order valence-corrected chi connectivity index (χ0v) is 23.3. The van der Waals surface area contributed by atoms with E-state index >= 15 is 0 Å². The Kier molecular flexibility index (Phi) is 7.68. The molecule has 1 aromatic heterocycles. The molecule has 0 unspecified atom stereocenters. The van der Waals surface area contributed by atoms with Gasteiger partial charge < -0.3 is 14.4 Å². The lowest BCUT2D eigenvalue weighted by Gasteiger charge is -2.37. The second-order valence-corrected chi connectivity index (χ2v) is 10.9. The maximum atomic E-state index is 13.3. The standard InChI is InChI=1S/C31H30BrN3O4/c1-21(2)26-19-39-30(38)35(26)29(37)27(32)28(36)25-18-34(20-33-25)31(22-12-6-3-7-13-22,23-14-8-4-9-15-23)24-16-10-5-11-17-24/h3-18,20-21,26-28,36H,19H2,1-2H3/t26-,27+,28-/m0/s1. The number of aliphatic hydroxyl groups is 1. The van der Waals surface area contributed by atoms with Crippen molar-refractivity contribution in [2.24, 2.45) is 5.92 Å². The van der Waals surface area contributed by atoms with Crippen LogP contribution in [0.1, 0.15) is 42.3 Å². The number of imide groups is 1. The molecule has 1 N–H and O–H groups in total. The Labute approximate surface area is 236 Å². The molecule has 0 spiro atoms. The highest BCUT2D eigenvalue weighted by Gasteiger charge is 2.44. The fourth-order valence-electron chi connectivity index (χ4n) is 5.26. The molecule has 39 heavy (non-hydrogen) atoms. The third kappa shape index (κ3) is 4.79.